The van der Waals surface area contributed by atoms with E-state index in [0.717, 1.165) is 48.7 Å². The molecule has 3 heterocycles. The second-order valence-electron chi connectivity index (χ2n) is 6.28. The Hall–Kier alpha value is -2.47. The van der Waals surface area contributed by atoms with Gasteiger partial charge in [0.15, 0.2) is 5.65 Å². The number of rotatable bonds is 2. The summed E-state index contributed by atoms with van der Waals surface area (Å²) in [6, 6.07) is 5.23. The van der Waals surface area contributed by atoms with Gasteiger partial charge in [0.1, 0.15) is 11.6 Å². The van der Waals surface area contributed by atoms with Crippen LogP contribution in [0.15, 0.2) is 36.8 Å². The van der Waals surface area contributed by atoms with Crippen LogP contribution >= 0.6 is 0 Å². The Morgan fingerprint density at radius 1 is 1.17 bits per heavy atom. The molecule has 1 aliphatic rings. The second-order valence-corrected chi connectivity index (χ2v) is 6.28. The van der Waals surface area contributed by atoms with Crippen LogP contribution in [-0.4, -0.2) is 38.7 Å². The molecule has 0 saturated carbocycles. The third-order valence-corrected chi connectivity index (χ3v) is 4.65. The second kappa shape index (κ2) is 5.87. The number of aryl methyl sites for hydroxylation is 1. The predicted octanol–water partition coefficient (Wildman–Crippen LogP) is 2.80. The molecule has 6 heteroatoms. The van der Waals surface area contributed by atoms with Crippen molar-refractivity contribution in [3.8, 4) is 11.3 Å². The number of piperidine rings is 1. The summed E-state index contributed by atoms with van der Waals surface area (Å²) in [7, 11) is 0. The zero-order chi connectivity index (χ0) is 16.7. The van der Waals surface area contributed by atoms with Crippen LogP contribution in [-0.2, 0) is 0 Å². The first-order valence-electron chi connectivity index (χ1n) is 8.14. The first-order valence-corrected chi connectivity index (χ1v) is 8.14. The monoisotopic (exact) mass is 326 g/mol. The lowest BCUT2D eigenvalue weighted by Crippen LogP contribution is -2.36. The zero-order valence-corrected chi connectivity index (χ0v) is 13.5. The summed E-state index contributed by atoms with van der Waals surface area (Å²) in [6.07, 6.45) is 6.50. The van der Waals surface area contributed by atoms with Crippen molar-refractivity contribution in [2.45, 2.75) is 25.9 Å². The van der Waals surface area contributed by atoms with E-state index in [1.165, 1.54) is 0 Å². The summed E-state index contributed by atoms with van der Waals surface area (Å²) >= 11 is 0. The molecular weight excluding hydrogens is 307 g/mol. The van der Waals surface area contributed by atoms with E-state index in [9.17, 15) is 9.50 Å². The highest BCUT2D eigenvalue weighted by molar-refractivity contribution is 5.67. The molecule has 0 bridgehead atoms. The number of nitrogens with zero attached hydrogens (tertiary/aromatic N) is 4. The van der Waals surface area contributed by atoms with Crippen molar-refractivity contribution in [2.24, 2.45) is 0 Å². The van der Waals surface area contributed by atoms with Gasteiger partial charge in [-0.1, -0.05) is 12.1 Å². The number of anilines is 1. The summed E-state index contributed by atoms with van der Waals surface area (Å²) in [5.41, 5.74) is 2.98. The topological polar surface area (TPSA) is 53.7 Å². The molecule has 1 aliphatic heterocycles. The summed E-state index contributed by atoms with van der Waals surface area (Å²) in [5, 5.41) is 9.73. The molecule has 1 fully saturated rings. The van der Waals surface area contributed by atoms with E-state index in [4.69, 9.17) is 0 Å². The Morgan fingerprint density at radius 3 is 2.71 bits per heavy atom. The third kappa shape index (κ3) is 2.53. The molecule has 0 amide bonds. The largest absolute Gasteiger partial charge is 0.393 e. The number of halogens is 1. The molecule has 0 spiro atoms. The van der Waals surface area contributed by atoms with Crippen molar-refractivity contribution in [3.05, 3.63) is 48.2 Å². The molecule has 24 heavy (non-hydrogen) atoms. The molecular formula is C18H19FN4O. The summed E-state index contributed by atoms with van der Waals surface area (Å²) in [4.78, 5) is 10.9. The Bertz CT molecular complexity index is 884. The molecule has 0 unspecified atom stereocenters. The zero-order valence-electron chi connectivity index (χ0n) is 13.5. The number of aromatic nitrogens is 3. The number of imidazole rings is 1. The Labute approximate surface area is 139 Å². The minimum atomic E-state index is -0.234. The van der Waals surface area contributed by atoms with Crippen LogP contribution < -0.4 is 4.90 Å². The smallest absolute Gasteiger partial charge is 0.157 e. The van der Waals surface area contributed by atoms with Crippen LogP contribution in [0.3, 0.4) is 0 Å². The first kappa shape index (κ1) is 15.1. The number of hydrogen-bond donors (Lipinski definition) is 1. The lowest BCUT2D eigenvalue weighted by Gasteiger charge is -2.31. The van der Waals surface area contributed by atoms with Gasteiger partial charge in [-0.15, -0.1) is 0 Å². The van der Waals surface area contributed by atoms with Gasteiger partial charge in [0.25, 0.3) is 0 Å². The summed E-state index contributed by atoms with van der Waals surface area (Å²) < 4.78 is 16.0. The minimum Gasteiger partial charge on any atom is -0.393 e. The standard InChI is InChI=1S/C18H19FN4O/c1-12-2-3-13(8-15(12)19)16-9-21-17-10-20-11-18(23(16)17)22-6-4-14(24)5-7-22/h2-3,8-11,14,24H,4-7H2,1H3. The SMILES string of the molecule is Cc1ccc(-c2cnc3cncc(N4CCC(O)CC4)n23)cc1F. The number of fused-ring (bicyclic) bond motifs is 1. The molecule has 1 saturated heterocycles. The van der Waals surface area contributed by atoms with Crippen LogP contribution in [0.4, 0.5) is 10.2 Å². The maximum atomic E-state index is 14.0. The minimum absolute atomic E-state index is 0.223. The molecule has 3 aromatic rings. The van der Waals surface area contributed by atoms with Crippen LogP contribution in [0.5, 0.6) is 0 Å². The normalized spacial score (nSPS) is 16.0. The van der Waals surface area contributed by atoms with Gasteiger partial charge in [-0.3, -0.25) is 9.38 Å². The fourth-order valence-corrected chi connectivity index (χ4v) is 3.20. The lowest BCUT2D eigenvalue weighted by atomic mass is 10.1. The van der Waals surface area contributed by atoms with Gasteiger partial charge in [-0.2, -0.15) is 0 Å². The van der Waals surface area contributed by atoms with E-state index in [2.05, 4.69) is 14.9 Å². The van der Waals surface area contributed by atoms with Gasteiger partial charge in [0.05, 0.1) is 30.4 Å². The molecule has 1 N–H and O–H groups in total. The van der Waals surface area contributed by atoms with E-state index in [1.807, 2.05) is 10.5 Å². The number of benzene rings is 1. The molecule has 124 valence electrons. The van der Waals surface area contributed by atoms with E-state index in [0.29, 0.717) is 5.56 Å². The van der Waals surface area contributed by atoms with Gasteiger partial charge < -0.3 is 10.0 Å². The van der Waals surface area contributed by atoms with E-state index >= 15 is 0 Å². The van der Waals surface area contributed by atoms with Crippen LogP contribution in [0, 0.1) is 12.7 Å². The maximum Gasteiger partial charge on any atom is 0.157 e. The molecule has 1 aromatic carbocycles. The molecule has 0 aliphatic carbocycles. The molecule has 0 atom stereocenters. The third-order valence-electron chi connectivity index (χ3n) is 4.65. The van der Waals surface area contributed by atoms with Crippen molar-refractivity contribution >= 4 is 11.5 Å². The maximum absolute atomic E-state index is 14.0. The highest BCUT2D eigenvalue weighted by Crippen LogP contribution is 2.28. The van der Waals surface area contributed by atoms with Crippen LogP contribution in [0.25, 0.3) is 16.9 Å². The van der Waals surface area contributed by atoms with Crippen molar-refractivity contribution in [1.82, 2.24) is 14.4 Å². The average Bonchev–Trinajstić information content (AvgIpc) is 3.02. The Morgan fingerprint density at radius 2 is 1.96 bits per heavy atom. The highest BCUT2D eigenvalue weighted by Gasteiger charge is 2.21. The van der Waals surface area contributed by atoms with Gasteiger partial charge >= 0.3 is 0 Å². The number of aliphatic hydroxyl groups is 1. The Balaban J connectivity index is 1.84. The van der Waals surface area contributed by atoms with Crippen molar-refractivity contribution in [2.75, 3.05) is 18.0 Å². The quantitative estimate of drug-likeness (QED) is 0.787. The molecule has 4 rings (SSSR count). The molecule has 5 nitrogen and oxygen atoms in total. The van der Waals surface area contributed by atoms with Crippen LogP contribution in [0.1, 0.15) is 18.4 Å². The van der Waals surface area contributed by atoms with E-state index < -0.39 is 0 Å². The summed E-state index contributed by atoms with van der Waals surface area (Å²) in [5.74, 6) is 0.701. The molecule has 2 aromatic heterocycles. The molecule has 0 radical (unpaired) electrons. The fraction of sp³-hybridized carbons (Fsp3) is 0.333. The average molecular weight is 326 g/mol. The number of hydrogen-bond acceptors (Lipinski definition) is 4. The first-order chi connectivity index (χ1) is 11.6. The van der Waals surface area contributed by atoms with Crippen molar-refractivity contribution in [3.63, 3.8) is 0 Å². The van der Waals surface area contributed by atoms with Crippen molar-refractivity contribution < 1.29 is 9.50 Å². The van der Waals surface area contributed by atoms with E-state index in [1.54, 1.807) is 37.6 Å². The van der Waals surface area contributed by atoms with Gasteiger partial charge in [-0.25, -0.2) is 9.37 Å². The Kier molecular flexibility index (Phi) is 3.69. The lowest BCUT2D eigenvalue weighted by molar-refractivity contribution is 0.145. The number of aliphatic hydroxyl groups excluding tert-OH is 1. The predicted molar refractivity (Wildman–Crippen MR) is 90.6 cm³/mol. The van der Waals surface area contributed by atoms with Gasteiger partial charge in [0, 0.05) is 18.7 Å². The fourth-order valence-electron chi connectivity index (χ4n) is 3.20. The van der Waals surface area contributed by atoms with Crippen molar-refractivity contribution in [1.29, 1.82) is 0 Å². The summed E-state index contributed by atoms with van der Waals surface area (Å²) in [6.45, 7) is 3.28. The highest BCUT2D eigenvalue weighted by atomic mass is 19.1. The van der Waals surface area contributed by atoms with Gasteiger partial charge in [0.2, 0.25) is 0 Å². The van der Waals surface area contributed by atoms with Gasteiger partial charge in [-0.05, 0) is 31.4 Å². The van der Waals surface area contributed by atoms with E-state index in [-0.39, 0.29) is 11.9 Å². The van der Waals surface area contributed by atoms with Crippen LogP contribution in [0.2, 0.25) is 0 Å².